The summed E-state index contributed by atoms with van der Waals surface area (Å²) < 4.78 is 33.0. The van der Waals surface area contributed by atoms with Gasteiger partial charge in [-0.2, -0.15) is 4.98 Å². The lowest BCUT2D eigenvalue weighted by Crippen LogP contribution is -2.34. The number of aromatic amines is 1. The normalized spacial score (nSPS) is 19.1. The Hall–Kier alpha value is -4.35. The van der Waals surface area contributed by atoms with Crippen LogP contribution in [-0.4, -0.2) is 81.8 Å². The minimum atomic E-state index is -0.793. The van der Waals surface area contributed by atoms with Crippen molar-refractivity contribution in [1.82, 2.24) is 19.1 Å². The third-order valence-corrected chi connectivity index (χ3v) is 13.8. The molecule has 72 heavy (non-hydrogen) atoms. The number of carbonyl (C=O) groups is 2. The van der Waals surface area contributed by atoms with Gasteiger partial charge in [-0.3, -0.25) is 28.5 Å². The molecule has 2 N–H and O–H groups in total. The van der Waals surface area contributed by atoms with E-state index in [0.717, 1.165) is 44.9 Å². The first-order valence-corrected chi connectivity index (χ1v) is 28.0. The predicted octanol–water partition coefficient (Wildman–Crippen LogP) is 11.6. The smallest absolute Gasteiger partial charge is 0.351 e. The number of esters is 1. The van der Waals surface area contributed by atoms with Crippen LogP contribution in [0.15, 0.2) is 38.0 Å². The highest BCUT2D eigenvalue weighted by atomic mass is 16.6. The molecule has 18 heteroatoms. The lowest BCUT2D eigenvalue weighted by molar-refractivity contribution is -0.158. The third kappa shape index (κ3) is 24.1. The second kappa shape index (κ2) is 36.6. The molecule has 4 heterocycles. The maximum atomic E-state index is 13.1. The molecule has 2 fully saturated rings. The van der Waals surface area contributed by atoms with Gasteiger partial charge in [0.05, 0.1) is 44.7 Å². The Morgan fingerprint density at radius 2 is 1.29 bits per heavy atom. The number of nitrogens with zero attached hydrogens (tertiary/aromatic N) is 6. The summed E-state index contributed by atoms with van der Waals surface area (Å²) in [5.74, 6) is -0.284. The van der Waals surface area contributed by atoms with Crippen LogP contribution in [0.5, 0.6) is 0 Å². The Morgan fingerprint density at radius 3 is 1.85 bits per heavy atom. The summed E-state index contributed by atoms with van der Waals surface area (Å²) in [5, 5.41) is 6.65. The van der Waals surface area contributed by atoms with Gasteiger partial charge >= 0.3 is 17.3 Å². The van der Waals surface area contributed by atoms with Gasteiger partial charge in [0.15, 0.2) is 0 Å². The number of amides is 1. The number of unbranched alkanes of at least 4 members (excludes halogenated alkanes) is 24. The van der Waals surface area contributed by atoms with Crippen molar-refractivity contribution in [2.24, 2.45) is 5.11 Å². The molecular weight excluding hydrogens is 921 g/mol. The Morgan fingerprint density at radius 1 is 0.750 bits per heavy atom. The van der Waals surface area contributed by atoms with Crippen LogP contribution in [0.1, 0.15) is 231 Å². The molecule has 0 radical (unpaired) electrons. The number of azide groups is 1. The molecule has 1 amide bonds. The van der Waals surface area contributed by atoms with Crippen molar-refractivity contribution in [1.29, 1.82) is 0 Å². The summed E-state index contributed by atoms with van der Waals surface area (Å²) in [6.45, 7) is 6.21. The molecule has 2 aromatic rings. The molecule has 0 spiro atoms. The van der Waals surface area contributed by atoms with Crippen LogP contribution in [0.25, 0.3) is 10.4 Å². The number of anilines is 1. The number of hydrogen-bond donors (Lipinski definition) is 2. The Labute approximate surface area is 428 Å². The zero-order valence-corrected chi connectivity index (χ0v) is 44.2. The number of aromatic nitrogens is 4. The van der Waals surface area contributed by atoms with Gasteiger partial charge in [-0.15, -0.1) is 0 Å². The minimum Gasteiger partial charge on any atom is -0.457 e. The number of H-pyrrole nitrogens is 1. The fourth-order valence-electron chi connectivity index (χ4n) is 9.54. The average Bonchev–Trinajstić information content (AvgIpc) is 4.00. The summed E-state index contributed by atoms with van der Waals surface area (Å²) in [6.07, 6.45) is 33.5. The van der Waals surface area contributed by atoms with Gasteiger partial charge in [0.1, 0.15) is 24.4 Å². The topological polar surface area (TPSA) is 231 Å². The van der Waals surface area contributed by atoms with Gasteiger partial charge in [0, 0.05) is 42.1 Å². The van der Waals surface area contributed by atoms with Crippen LogP contribution in [0.3, 0.4) is 0 Å². The Kier molecular flexibility index (Phi) is 30.6. The number of nitrogens with one attached hydrogen (secondary N) is 2. The summed E-state index contributed by atoms with van der Waals surface area (Å²) in [4.78, 5) is 72.7. The Balaban J connectivity index is 1.19. The van der Waals surface area contributed by atoms with E-state index in [-0.39, 0.29) is 63.1 Å². The van der Waals surface area contributed by atoms with Crippen LogP contribution in [0.4, 0.5) is 5.82 Å². The van der Waals surface area contributed by atoms with Crippen molar-refractivity contribution in [3.63, 3.8) is 0 Å². The van der Waals surface area contributed by atoms with Crippen molar-refractivity contribution >= 4 is 17.7 Å². The highest BCUT2D eigenvalue weighted by molar-refractivity contribution is 5.89. The van der Waals surface area contributed by atoms with E-state index < -0.39 is 47.6 Å². The first kappa shape index (κ1) is 60.2. The van der Waals surface area contributed by atoms with Gasteiger partial charge in [0.2, 0.25) is 5.91 Å². The lowest BCUT2D eigenvalue weighted by Gasteiger charge is -2.22. The van der Waals surface area contributed by atoms with Crippen LogP contribution in [0.2, 0.25) is 0 Å². The largest absolute Gasteiger partial charge is 0.457 e. The van der Waals surface area contributed by atoms with Crippen molar-refractivity contribution in [2.75, 3.05) is 31.7 Å². The number of carbonyl (C=O) groups excluding carboxylic acids is 2. The van der Waals surface area contributed by atoms with E-state index in [1.54, 1.807) is 19.2 Å². The highest BCUT2D eigenvalue weighted by Gasteiger charge is 2.37. The average molecular weight is 1010 g/mol. The highest BCUT2D eigenvalue weighted by Crippen LogP contribution is 2.31. The van der Waals surface area contributed by atoms with E-state index in [9.17, 15) is 29.5 Å². The van der Waals surface area contributed by atoms with Crippen molar-refractivity contribution < 1.29 is 33.3 Å². The van der Waals surface area contributed by atoms with E-state index in [1.807, 2.05) is 0 Å². The van der Waals surface area contributed by atoms with Gasteiger partial charge in [-0.1, -0.05) is 173 Å². The second-order valence-corrected chi connectivity index (χ2v) is 20.1. The van der Waals surface area contributed by atoms with Crippen molar-refractivity contribution in [3.05, 3.63) is 65.8 Å². The maximum absolute atomic E-state index is 13.1. The molecule has 0 aromatic carbocycles. The minimum absolute atomic E-state index is 0.0179. The number of rotatable bonds is 41. The van der Waals surface area contributed by atoms with Crippen LogP contribution in [0, 0.1) is 6.92 Å². The Bertz CT molecular complexity index is 2050. The fraction of sp³-hybridized carbons (Fsp3) is 0.815. The molecule has 1 unspecified atom stereocenters. The van der Waals surface area contributed by atoms with Crippen LogP contribution >= 0.6 is 0 Å². The molecule has 6 atom stereocenters. The van der Waals surface area contributed by atoms with E-state index in [4.69, 9.17) is 23.7 Å². The molecular formula is C54H90N8O10. The standard InChI is InChI=1S/C54H90N8O10/c1-4-6-8-10-12-14-16-18-20-22-24-26-28-30-48(63)56-47-34-35-61(53(66)57-47)49-33-32-43(70-49)38-68-39-44(71-51(64)31-29-27-25-23-21-19-17-15-13-11-9-7-5-2)40-69-41-46-45(59-60-55)36-50(72-46)62-37-42(3)52(65)58-54(62)67/h34-35,37,43-46,49-50H,4-33,36,38-41H2,1-3H3,(H,58,65,67)(H,56,57,63,66)/t43-,44?,45-,46+,49+,50+/m0/s1. The summed E-state index contributed by atoms with van der Waals surface area (Å²) in [5.41, 5.74) is 7.95. The van der Waals surface area contributed by atoms with E-state index in [0.29, 0.717) is 24.8 Å². The predicted molar refractivity (Wildman–Crippen MR) is 280 cm³/mol. The number of hydrogen-bond acceptors (Lipinski definition) is 12. The molecule has 2 saturated heterocycles. The zero-order valence-electron chi connectivity index (χ0n) is 44.2. The van der Waals surface area contributed by atoms with Crippen molar-refractivity contribution in [2.45, 2.75) is 257 Å². The first-order valence-electron chi connectivity index (χ1n) is 28.0. The molecule has 2 aliphatic rings. The van der Waals surface area contributed by atoms with Gasteiger partial charge < -0.3 is 29.0 Å². The first-order chi connectivity index (χ1) is 35.1. The summed E-state index contributed by atoms with van der Waals surface area (Å²) in [6, 6.07) is 0.958. The molecule has 18 nitrogen and oxygen atoms in total. The monoisotopic (exact) mass is 1010 g/mol. The quantitative estimate of drug-likeness (QED) is 0.0209. The molecule has 0 aliphatic carbocycles. The number of aryl methyl sites for hydroxylation is 1. The van der Waals surface area contributed by atoms with E-state index >= 15 is 0 Å². The van der Waals surface area contributed by atoms with Crippen molar-refractivity contribution in [3.8, 4) is 0 Å². The lowest BCUT2D eigenvalue weighted by atomic mass is 10.0. The molecule has 0 saturated carbocycles. The third-order valence-electron chi connectivity index (χ3n) is 13.8. The molecule has 2 aliphatic heterocycles. The molecule has 406 valence electrons. The zero-order chi connectivity index (χ0) is 51.6. The molecule has 4 rings (SSSR count). The van der Waals surface area contributed by atoms with Crippen LogP contribution < -0.4 is 22.3 Å². The van der Waals surface area contributed by atoms with E-state index in [1.165, 1.54) is 137 Å². The molecule has 0 bridgehead atoms. The van der Waals surface area contributed by atoms with E-state index in [2.05, 4.69) is 39.2 Å². The van der Waals surface area contributed by atoms with Gasteiger partial charge in [-0.25, -0.2) is 9.59 Å². The van der Waals surface area contributed by atoms with Crippen LogP contribution in [-0.2, 0) is 33.3 Å². The number of ether oxygens (including phenoxy) is 5. The summed E-state index contributed by atoms with van der Waals surface area (Å²) >= 11 is 0. The molecule has 2 aromatic heterocycles. The van der Waals surface area contributed by atoms with Gasteiger partial charge in [-0.05, 0) is 44.2 Å². The van der Waals surface area contributed by atoms with Gasteiger partial charge in [0.25, 0.3) is 5.56 Å². The summed E-state index contributed by atoms with van der Waals surface area (Å²) in [7, 11) is 0. The SMILES string of the molecule is CCCCCCCCCCCCCCCC(=O)Nc1ccn([C@H]2CC[C@@H](COCC(COC[C@H]3O[C@@H](n4cc(C)c(=O)[nH]c4=O)C[C@@H]3N=[N+]=[N-])OC(=O)CCCCCCCCCCCCCCC)O2)c(=O)n1. The second-order valence-electron chi connectivity index (χ2n) is 20.1. The fourth-order valence-corrected chi connectivity index (χ4v) is 9.54. The maximum Gasteiger partial charge on any atom is 0.351 e.